The summed E-state index contributed by atoms with van der Waals surface area (Å²) in [7, 11) is 1.93. The molecule has 6 heteroatoms. The summed E-state index contributed by atoms with van der Waals surface area (Å²) in [4.78, 5) is 10.7. The quantitative estimate of drug-likeness (QED) is 0.695. The van der Waals surface area contributed by atoms with Crippen molar-refractivity contribution in [2.24, 2.45) is 0 Å². The molecule has 0 unspecified atom stereocenters. The third kappa shape index (κ3) is 7.89. The summed E-state index contributed by atoms with van der Waals surface area (Å²) in [5.74, 6) is 0. The highest BCUT2D eigenvalue weighted by molar-refractivity contribution is 8.14. The molecule has 0 aromatic heterocycles. The van der Waals surface area contributed by atoms with E-state index >= 15 is 0 Å². The lowest BCUT2D eigenvalue weighted by atomic mass is 10.0. The normalized spacial score (nSPS) is 21.9. The summed E-state index contributed by atoms with van der Waals surface area (Å²) in [6.07, 6.45) is 11.2. The average Bonchev–Trinajstić information content (AvgIpc) is 2.40. The molecule has 2 aliphatic carbocycles. The van der Waals surface area contributed by atoms with Crippen LogP contribution in [0, 0.1) is 0 Å². The molecule has 0 saturated heterocycles. The summed E-state index contributed by atoms with van der Waals surface area (Å²) < 4.78 is 21.5. The minimum Gasteiger partial charge on any atom is -0.288 e. The number of hydrogen-bond donors (Lipinski definition) is 0. The fourth-order valence-corrected chi connectivity index (χ4v) is 5.23. The zero-order valence-electron chi connectivity index (χ0n) is 12.1. The highest BCUT2D eigenvalue weighted by atomic mass is 35.7. The predicted octanol–water partition coefficient (Wildman–Crippen LogP) is 4.49. The van der Waals surface area contributed by atoms with Crippen LogP contribution in [0.1, 0.15) is 71.1 Å². The molecule has 2 fully saturated rings. The molecule has 2 saturated carbocycles. The molecule has 0 aromatic carbocycles. The second kappa shape index (κ2) is 9.31. The summed E-state index contributed by atoms with van der Waals surface area (Å²) in [5.41, 5.74) is 0. The molecule has 2 rings (SSSR count). The fourth-order valence-electron chi connectivity index (χ4n) is 2.76. The Labute approximate surface area is 131 Å². The second-order valence-electron chi connectivity index (χ2n) is 5.61. The zero-order valence-corrected chi connectivity index (χ0v) is 14.5. The van der Waals surface area contributed by atoms with Crippen LogP contribution in [0.4, 0.5) is 0 Å². The largest absolute Gasteiger partial charge is 0.288 e. The molecule has 0 bridgehead atoms. The smallest absolute Gasteiger partial charge is 0.235 e. The Morgan fingerprint density at radius 2 is 1.40 bits per heavy atom. The number of halogens is 1. The van der Waals surface area contributed by atoms with E-state index in [-0.39, 0.29) is 10.4 Å². The van der Waals surface area contributed by atoms with E-state index in [2.05, 4.69) is 0 Å². The van der Waals surface area contributed by atoms with Crippen molar-refractivity contribution in [3.63, 3.8) is 0 Å². The van der Waals surface area contributed by atoms with Gasteiger partial charge < -0.3 is 0 Å². The Balaban J connectivity index is 0.000000200. The standard InChI is InChI=1S/C8H14OS.C6H11ClO2S/c1-7(9)10-8-5-3-2-4-6-8;7-10(8,9)6-4-2-1-3-5-6/h8H,2-6H2,1H3;6H,1-5H2. The maximum Gasteiger partial charge on any atom is 0.235 e. The summed E-state index contributed by atoms with van der Waals surface area (Å²) >= 11 is 1.54. The Morgan fingerprint density at radius 1 is 0.950 bits per heavy atom. The number of rotatable bonds is 2. The van der Waals surface area contributed by atoms with Crippen LogP contribution >= 0.6 is 22.4 Å². The first kappa shape index (κ1) is 18.3. The molecule has 0 amide bonds. The maximum absolute atomic E-state index is 10.8. The molecule has 3 nitrogen and oxygen atoms in total. The summed E-state index contributed by atoms with van der Waals surface area (Å²) in [6.45, 7) is 1.67. The van der Waals surface area contributed by atoms with E-state index in [4.69, 9.17) is 10.7 Å². The van der Waals surface area contributed by atoms with Crippen LogP contribution in [0.3, 0.4) is 0 Å². The van der Waals surface area contributed by atoms with Crippen LogP contribution in [0.2, 0.25) is 0 Å². The third-order valence-electron chi connectivity index (χ3n) is 3.84. The van der Waals surface area contributed by atoms with E-state index in [1.54, 1.807) is 6.92 Å². The molecule has 0 aromatic rings. The highest BCUT2D eigenvalue weighted by Gasteiger charge is 2.24. The van der Waals surface area contributed by atoms with Crippen molar-refractivity contribution in [1.29, 1.82) is 0 Å². The molecule has 20 heavy (non-hydrogen) atoms. The van der Waals surface area contributed by atoms with Gasteiger partial charge in [-0.3, -0.25) is 4.79 Å². The number of thioether (sulfide) groups is 1. The average molecular weight is 341 g/mol. The molecule has 2 aliphatic rings. The van der Waals surface area contributed by atoms with Gasteiger partial charge in [-0.2, -0.15) is 0 Å². The first-order valence-corrected chi connectivity index (χ1v) is 10.8. The van der Waals surface area contributed by atoms with Gasteiger partial charge in [0.1, 0.15) is 0 Å². The Bertz CT molecular complexity index is 383. The van der Waals surface area contributed by atoms with E-state index in [9.17, 15) is 13.2 Å². The van der Waals surface area contributed by atoms with E-state index in [1.165, 1.54) is 43.9 Å². The van der Waals surface area contributed by atoms with Crippen LogP contribution in [0.15, 0.2) is 0 Å². The Morgan fingerprint density at radius 3 is 1.75 bits per heavy atom. The predicted molar refractivity (Wildman–Crippen MR) is 86.8 cm³/mol. The highest BCUT2D eigenvalue weighted by Crippen LogP contribution is 2.28. The zero-order chi connectivity index (χ0) is 15.0. The van der Waals surface area contributed by atoms with Gasteiger partial charge in [0.05, 0.1) is 5.25 Å². The molecule has 0 spiro atoms. The van der Waals surface area contributed by atoms with Gasteiger partial charge in [0.25, 0.3) is 0 Å². The molecule has 0 N–H and O–H groups in total. The maximum atomic E-state index is 10.8. The van der Waals surface area contributed by atoms with E-state index < -0.39 is 9.05 Å². The van der Waals surface area contributed by atoms with Crippen molar-refractivity contribution in [2.75, 3.05) is 0 Å². The van der Waals surface area contributed by atoms with Gasteiger partial charge in [0, 0.05) is 22.9 Å². The number of hydrogen-bond acceptors (Lipinski definition) is 4. The minimum atomic E-state index is -3.25. The topological polar surface area (TPSA) is 51.2 Å². The van der Waals surface area contributed by atoms with Crippen molar-refractivity contribution in [1.82, 2.24) is 0 Å². The van der Waals surface area contributed by atoms with Crippen LogP contribution < -0.4 is 0 Å². The van der Waals surface area contributed by atoms with Gasteiger partial charge in [0.2, 0.25) is 9.05 Å². The van der Waals surface area contributed by atoms with Crippen LogP contribution in [-0.4, -0.2) is 24.0 Å². The monoisotopic (exact) mass is 340 g/mol. The molecule has 0 radical (unpaired) electrons. The Hall–Kier alpha value is 0.260. The lowest BCUT2D eigenvalue weighted by molar-refractivity contribution is -0.109. The fraction of sp³-hybridized carbons (Fsp3) is 0.929. The number of carbonyl (C=O) groups excluding carboxylic acids is 1. The SMILES string of the molecule is CC(=O)SC1CCCCC1.O=S(=O)(Cl)C1CCCCC1. The van der Waals surface area contributed by atoms with Gasteiger partial charge in [0.15, 0.2) is 5.12 Å². The molecule has 0 heterocycles. The van der Waals surface area contributed by atoms with Crippen molar-refractivity contribution in [3.05, 3.63) is 0 Å². The van der Waals surface area contributed by atoms with Crippen LogP contribution in [-0.2, 0) is 13.8 Å². The lowest BCUT2D eigenvalue weighted by Gasteiger charge is -2.18. The van der Waals surface area contributed by atoms with Gasteiger partial charge >= 0.3 is 0 Å². The van der Waals surface area contributed by atoms with Crippen molar-refractivity contribution in [2.45, 2.75) is 81.6 Å². The summed E-state index contributed by atoms with van der Waals surface area (Å²) in [6, 6.07) is 0. The summed E-state index contributed by atoms with van der Waals surface area (Å²) in [5, 5.41) is 0.668. The lowest BCUT2D eigenvalue weighted by Crippen LogP contribution is -2.19. The van der Waals surface area contributed by atoms with Crippen LogP contribution in [0.25, 0.3) is 0 Å². The Kier molecular flexibility index (Phi) is 8.53. The molecular formula is C14H25ClO3S2. The molecule has 0 atom stereocenters. The van der Waals surface area contributed by atoms with E-state index in [0.29, 0.717) is 5.25 Å². The minimum absolute atomic E-state index is 0.261. The van der Waals surface area contributed by atoms with Gasteiger partial charge in [-0.25, -0.2) is 8.42 Å². The van der Waals surface area contributed by atoms with Crippen LogP contribution in [0.5, 0.6) is 0 Å². The van der Waals surface area contributed by atoms with Gasteiger partial charge in [-0.1, -0.05) is 50.3 Å². The molecule has 118 valence electrons. The van der Waals surface area contributed by atoms with E-state index in [0.717, 1.165) is 32.1 Å². The third-order valence-corrected chi connectivity index (χ3v) is 7.00. The number of carbonyl (C=O) groups is 1. The van der Waals surface area contributed by atoms with Crippen molar-refractivity contribution >= 4 is 36.6 Å². The van der Waals surface area contributed by atoms with Crippen molar-refractivity contribution < 1.29 is 13.2 Å². The first-order valence-electron chi connectivity index (χ1n) is 7.50. The van der Waals surface area contributed by atoms with Gasteiger partial charge in [-0.15, -0.1) is 0 Å². The molecule has 0 aliphatic heterocycles. The van der Waals surface area contributed by atoms with E-state index in [1.807, 2.05) is 0 Å². The van der Waals surface area contributed by atoms with Crippen molar-refractivity contribution in [3.8, 4) is 0 Å². The second-order valence-corrected chi connectivity index (χ2v) is 9.99. The first-order chi connectivity index (χ1) is 9.39. The molecular weight excluding hydrogens is 316 g/mol. The van der Waals surface area contributed by atoms with Gasteiger partial charge in [-0.05, 0) is 25.7 Å².